The van der Waals surface area contributed by atoms with Gasteiger partial charge in [-0.2, -0.15) is 4.98 Å². The highest BCUT2D eigenvalue weighted by atomic mass is 32.2. The lowest BCUT2D eigenvalue weighted by Gasteiger charge is -2.07. The molecule has 11 heteroatoms. The van der Waals surface area contributed by atoms with E-state index in [2.05, 4.69) is 25.3 Å². The number of nitrogens with one attached hydrogen (secondary N) is 3. The van der Waals surface area contributed by atoms with Crippen molar-refractivity contribution in [2.24, 2.45) is 0 Å². The van der Waals surface area contributed by atoms with Gasteiger partial charge in [-0.1, -0.05) is 0 Å². The van der Waals surface area contributed by atoms with Crippen LogP contribution >= 0.6 is 0 Å². The number of anilines is 2. The number of rotatable bonds is 7. The van der Waals surface area contributed by atoms with Crippen LogP contribution in [0.25, 0.3) is 0 Å². The van der Waals surface area contributed by atoms with E-state index in [1.807, 2.05) is 0 Å². The zero-order valence-electron chi connectivity index (χ0n) is 10.4. The molecule has 1 aromatic rings. The van der Waals surface area contributed by atoms with Gasteiger partial charge >= 0.3 is 5.69 Å². The van der Waals surface area contributed by atoms with Crippen molar-refractivity contribution in [1.29, 1.82) is 0 Å². The monoisotopic (exact) mass is 290 g/mol. The molecule has 0 saturated carbocycles. The van der Waals surface area contributed by atoms with Crippen LogP contribution in [-0.2, 0) is 10.0 Å². The van der Waals surface area contributed by atoms with Crippen LogP contribution in [0.2, 0.25) is 0 Å². The van der Waals surface area contributed by atoms with E-state index in [9.17, 15) is 18.5 Å². The zero-order chi connectivity index (χ0) is 14.5. The Bertz CT molecular complexity index is 560. The summed E-state index contributed by atoms with van der Waals surface area (Å²) in [4.78, 5) is 17.8. The molecule has 10 nitrogen and oxygen atoms in total. The molecule has 1 heterocycles. The van der Waals surface area contributed by atoms with Gasteiger partial charge in [0.05, 0.1) is 11.2 Å². The predicted octanol–water partition coefficient (Wildman–Crippen LogP) is -0.612. The Morgan fingerprint density at radius 1 is 1.42 bits per heavy atom. The summed E-state index contributed by atoms with van der Waals surface area (Å²) >= 11 is 0. The zero-order valence-corrected chi connectivity index (χ0v) is 11.2. The second-order valence-corrected chi connectivity index (χ2v) is 5.36. The third kappa shape index (κ3) is 5.01. The Balaban J connectivity index is 2.72. The van der Waals surface area contributed by atoms with Gasteiger partial charge < -0.3 is 10.6 Å². The molecule has 1 aromatic heterocycles. The fraction of sp³-hybridized carbons (Fsp3) is 0.500. The van der Waals surface area contributed by atoms with E-state index in [1.165, 1.54) is 0 Å². The van der Waals surface area contributed by atoms with Gasteiger partial charge in [0.2, 0.25) is 21.8 Å². The Labute approximate surface area is 109 Å². The van der Waals surface area contributed by atoms with Crippen LogP contribution in [0, 0.1) is 10.1 Å². The molecule has 3 N–H and O–H groups in total. The first-order valence-electron chi connectivity index (χ1n) is 5.21. The highest BCUT2D eigenvalue weighted by Crippen LogP contribution is 2.21. The molecule has 0 aliphatic heterocycles. The Hall–Kier alpha value is -2.01. The van der Waals surface area contributed by atoms with Crippen LogP contribution in [0.1, 0.15) is 0 Å². The van der Waals surface area contributed by atoms with Crippen LogP contribution in [0.3, 0.4) is 0 Å². The summed E-state index contributed by atoms with van der Waals surface area (Å²) in [6, 6.07) is 0. The van der Waals surface area contributed by atoms with E-state index in [0.29, 0.717) is 0 Å². The molecule has 0 bridgehead atoms. The lowest BCUT2D eigenvalue weighted by molar-refractivity contribution is -0.384. The molecule has 0 unspecified atom stereocenters. The summed E-state index contributed by atoms with van der Waals surface area (Å²) in [5.74, 6) is 0.254. The minimum Gasteiger partial charge on any atom is -0.363 e. The summed E-state index contributed by atoms with van der Waals surface area (Å²) < 4.78 is 23.9. The molecule has 19 heavy (non-hydrogen) atoms. The molecular weight excluding hydrogens is 276 g/mol. The maximum Gasteiger partial charge on any atom is 0.329 e. The van der Waals surface area contributed by atoms with Crippen LogP contribution in [0.5, 0.6) is 0 Å². The van der Waals surface area contributed by atoms with Crippen molar-refractivity contribution in [2.75, 3.05) is 37.0 Å². The standard InChI is InChI=1S/C8H14N6O4S/c1-9-8-11-5-6(14(15)16)7(13-8)10-3-4-12-19(2,17)18/h5,12H,3-4H2,1-2H3,(H2,9,10,11,13). The van der Waals surface area contributed by atoms with Crippen molar-refractivity contribution < 1.29 is 13.3 Å². The fourth-order valence-corrected chi connectivity index (χ4v) is 1.65. The quantitative estimate of drug-likeness (QED) is 0.343. The van der Waals surface area contributed by atoms with E-state index in [-0.39, 0.29) is 30.5 Å². The Kier molecular flexibility index (Phi) is 4.94. The van der Waals surface area contributed by atoms with E-state index >= 15 is 0 Å². The third-order valence-electron chi connectivity index (χ3n) is 1.97. The lowest BCUT2D eigenvalue weighted by Crippen LogP contribution is -2.28. The minimum absolute atomic E-state index is 0.0275. The van der Waals surface area contributed by atoms with Gasteiger partial charge in [-0.3, -0.25) is 10.1 Å². The molecule has 0 aromatic carbocycles. The van der Waals surface area contributed by atoms with Crippen LogP contribution in [-0.4, -0.2) is 49.7 Å². The van der Waals surface area contributed by atoms with Crippen molar-refractivity contribution in [3.05, 3.63) is 16.3 Å². The average molecular weight is 290 g/mol. The molecule has 0 aliphatic rings. The fourth-order valence-electron chi connectivity index (χ4n) is 1.18. The molecule has 0 fully saturated rings. The van der Waals surface area contributed by atoms with Crippen molar-refractivity contribution in [3.8, 4) is 0 Å². The smallest absolute Gasteiger partial charge is 0.329 e. The van der Waals surface area contributed by atoms with Crippen molar-refractivity contribution in [2.45, 2.75) is 0 Å². The van der Waals surface area contributed by atoms with Gasteiger partial charge in [0.25, 0.3) is 0 Å². The number of sulfonamides is 1. The third-order valence-corrected chi connectivity index (χ3v) is 2.70. The molecule has 0 aliphatic carbocycles. The van der Waals surface area contributed by atoms with Crippen LogP contribution < -0.4 is 15.4 Å². The number of aromatic nitrogens is 2. The predicted molar refractivity (Wildman–Crippen MR) is 69.6 cm³/mol. The molecule has 0 amide bonds. The number of hydrogen-bond acceptors (Lipinski definition) is 8. The summed E-state index contributed by atoms with van der Waals surface area (Å²) in [5.41, 5.74) is -0.279. The van der Waals surface area contributed by atoms with Gasteiger partial charge in [0.15, 0.2) is 0 Å². The SMILES string of the molecule is CNc1ncc([N+](=O)[O-])c(NCCNS(C)(=O)=O)n1. The number of nitrogens with zero attached hydrogens (tertiary/aromatic N) is 3. The Morgan fingerprint density at radius 3 is 2.63 bits per heavy atom. The van der Waals surface area contributed by atoms with Gasteiger partial charge in [0.1, 0.15) is 6.20 Å². The molecule has 1 rings (SSSR count). The summed E-state index contributed by atoms with van der Waals surface area (Å²) in [7, 11) is -1.71. The lowest BCUT2D eigenvalue weighted by atomic mass is 10.4. The highest BCUT2D eigenvalue weighted by molar-refractivity contribution is 7.88. The Morgan fingerprint density at radius 2 is 2.11 bits per heavy atom. The highest BCUT2D eigenvalue weighted by Gasteiger charge is 2.16. The van der Waals surface area contributed by atoms with Crippen molar-refractivity contribution in [3.63, 3.8) is 0 Å². The van der Waals surface area contributed by atoms with E-state index in [0.717, 1.165) is 12.5 Å². The first kappa shape index (κ1) is 15.0. The first-order valence-corrected chi connectivity index (χ1v) is 7.10. The van der Waals surface area contributed by atoms with Gasteiger partial charge in [-0.15, -0.1) is 0 Å². The van der Waals surface area contributed by atoms with Gasteiger partial charge in [-0.05, 0) is 0 Å². The second-order valence-electron chi connectivity index (χ2n) is 3.53. The topological polar surface area (TPSA) is 139 Å². The van der Waals surface area contributed by atoms with E-state index < -0.39 is 14.9 Å². The molecule has 0 saturated heterocycles. The molecule has 0 radical (unpaired) electrons. The summed E-state index contributed by atoms with van der Waals surface area (Å²) in [6.45, 7) is 0.253. The largest absolute Gasteiger partial charge is 0.363 e. The summed E-state index contributed by atoms with van der Waals surface area (Å²) in [6.07, 6.45) is 2.10. The number of nitro groups is 1. The molecule has 0 atom stereocenters. The molecular formula is C8H14N6O4S. The number of hydrogen-bond donors (Lipinski definition) is 3. The van der Waals surface area contributed by atoms with Crippen molar-refractivity contribution in [1.82, 2.24) is 14.7 Å². The molecule has 0 spiro atoms. The van der Waals surface area contributed by atoms with Crippen LogP contribution in [0.15, 0.2) is 6.20 Å². The maximum absolute atomic E-state index is 10.8. The van der Waals surface area contributed by atoms with Gasteiger partial charge in [-0.25, -0.2) is 18.1 Å². The van der Waals surface area contributed by atoms with Crippen molar-refractivity contribution >= 4 is 27.5 Å². The average Bonchev–Trinajstić information content (AvgIpc) is 2.33. The first-order chi connectivity index (χ1) is 8.83. The second kappa shape index (κ2) is 6.24. The van der Waals surface area contributed by atoms with Gasteiger partial charge in [0, 0.05) is 20.1 Å². The van der Waals surface area contributed by atoms with Crippen LogP contribution in [0.4, 0.5) is 17.5 Å². The molecule has 106 valence electrons. The van der Waals surface area contributed by atoms with E-state index in [4.69, 9.17) is 0 Å². The normalized spacial score (nSPS) is 11.1. The summed E-state index contributed by atoms with van der Waals surface area (Å²) in [5, 5.41) is 16.1. The van der Waals surface area contributed by atoms with E-state index in [1.54, 1.807) is 7.05 Å². The maximum atomic E-state index is 10.8. The minimum atomic E-state index is -3.29.